The zero-order valence-corrected chi connectivity index (χ0v) is 20.7. The molecule has 4 nitrogen and oxygen atoms in total. The quantitative estimate of drug-likeness (QED) is 0.332. The number of likely N-dealkylation sites (tertiary alicyclic amines) is 1. The Morgan fingerprint density at radius 3 is 2.44 bits per heavy atom. The van der Waals surface area contributed by atoms with Crippen LogP contribution < -0.4 is 5.32 Å². The first-order chi connectivity index (χ1) is 17.2. The molecule has 1 N–H and O–H groups in total. The summed E-state index contributed by atoms with van der Waals surface area (Å²) in [5.74, 6) is -0.576. The fourth-order valence-electron chi connectivity index (χ4n) is 4.25. The number of allylic oxidation sites excluding steroid dienone is 1. The monoisotopic (exact) mass is 533 g/mol. The molecule has 0 bridgehead atoms. The van der Waals surface area contributed by atoms with Crippen molar-refractivity contribution in [1.82, 2.24) is 9.88 Å². The van der Waals surface area contributed by atoms with Crippen molar-refractivity contribution in [1.29, 1.82) is 0 Å². The van der Waals surface area contributed by atoms with E-state index in [4.69, 9.17) is 23.2 Å². The molecular formula is C27H24Cl2F3N3O. The van der Waals surface area contributed by atoms with Gasteiger partial charge in [-0.2, -0.15) is 13.2 Å². The second-order valence-electron chi connectivity index (χ2n) is 8.65. The summed E-state index contributed by atoms with van der Waals surface area (Å²) in [5.41, 5.74) is 1.56. The zero-order valence-electron chi connectivity index (χ0n) is 19.2. The van der Waals surface area contributed by atoms with Crippen LogP contribution in [0.4, 0.5) is 18.9 Å². The van der Waals surface area contributed by atoms with Crippen LogP contribution in [0.15, 0.2) is 73.1 Å². The Morgan fingerprint density at radius 2 is 1.78 bits per heavy atom. The lowest BCUT2D eigenvalue weighted by Crippen LogP contribution is -2.29. The molecule has 0 saturated carbocycles. The van der Waals surface area contributed by atoms with Crippen LogP contribution in [0, 0.1) is 0 Å². The number of alkyl halides is 3. The molecule has 0 spiro atoms. The van der Waals surface area contributed by atoms with Crippen molar-refractivity contribution in [2.24, 2.45) is 0 Å². The number of hydrogen-bond acceptors (Lipinski definition) is 3. The smallest absolute Gasteiger partial charge is 0.378 e. The molecule has 188 valence electrons. The molecule has 36 heavy (non-hydrogen) atoms. The topological polar surface area (TPSA) is 45.2 Å². The number of amides is 1. The molecule has 1 saturated heterocycles. The molecule has 2 aromatic carbocycles. The maximum absolute atomic E-state index is 13.5. The highest BCUT2D eigenvalue weighted by Crippen LogP contribution is 2.38. The van der Waals surface area contributed by atoms with E-state index in [0.717, 1.165) is 24.1 Å². The number of aromatic nitrogens is 1. The summed E-state index contributed by atoms with van der Waals surface area (Å²) in [6.07, 6.45) is 3.13. The Labute approximate surface area is 217 Å². The van der Waals surface area contributed by atoms with Crippen molar-refractivity contribution >= 4 is 34.8 Å². The minimum Gasteiger partial charge on any atom is -0.378 e. The van der Waals surface area contributed by atoms with Crippen LogP contribution in [0.3, 0.4) is 0 Å². The van der Waals surface area contributed by atoms with E-state index in [1.807, 2.05) is 30.5 Å². The minimum atomic E-state index is -4.47. The largest absolute Gasteiger partial charge is 0.416 e. The SMILES string of the molecule is O=C(Nc1ccc(C(F)(F)F)cc1C1CCN(/C=C/Cc2ccc(Cl)cc2)CC1)c1ccnc(Cl)c1. The van der Waals surface area contributed by atoms with E-state index >= 15 is 0 Å². The second kappa shape index (κ2) is 11.4. The summed E-state index contributed by atoms with van der Waals surface area (Å²) >= 11 is 11.8. The van der Waals surface area contributed by atoms with E-state index < -0.39 is 17.6 Å². The normalized spacial score (nSPS) is 14.9. The van der Waals surface area contributed by atoms with Crippen LogP contribution in [0.1, 0.15) is 45.8 Å². The highest BCUT2D eigenvalue weighted by Gasteiger charge is 2.32. The average Bonchev–Trinajstić information content (AvgIpc) is 2.85. The van der Waals surface area contributed by atoms with E-state index in [9.17, 15) is 18.0 Å². The van der Waals surface area contributed by atoms with Gasteiger partial charge in [0.05, 0.1) is 5.56 Å². The number of nitrogens with one attached hydrogen (secondary N) is 1. The first-order valence-electron chi connectivity index (χ1n) is 11.5. The number of anilines is 1. The first-order valence-corrected chi connectivity index (χ1v) is 12.2. The minimum absolute atomic E-state index is 0.121. The predicted molar refractivity (Wildman–Crippen MR) is 136 cm³/mol. The Bertz CT molecular complexity index is 1240. The molecule has 0 atom stereocenters. The van der Waals surface area contributed by atoms with Crippen molar-refractivity contribution in [3.8, 4) is 0 Å². The number of piperidine rings is 1. The van der Waals surface area contributed by atoms with Gasteiger partial charge in [-0.25, -0.2) is 4.98 Å². The Kier molecular flexibility index (Phi) is 8.21. The highest BCUT2D eigenvalue weighted by molar-refractivity contribution is 6.30. The van der Waals surface area contributed by atoms with Crippen LogP contribution in [-0.2, 0) is 12.6 Å². The van der Waals surface area contributed by atoms with Gasteiger partial charge in [0.2, 0.25) is 0 Å². The predicted octanol–water partition coefficient (Wildman–Crippen LogP) is 7.60. The number of nitrogens with zero attached hydrogens (tertiary/aromatic N) is 2. The van der Waals surface area contributed by atoms with Gasteiger partial charge in [-0.05, 0) is 85.0 Å². The fraction of sp³-hybridized carbons (Fsp3) is 0.259. The fourth-order valence-corrected chi connectivity index (χ4v) is 4.55. The van der Waals surface area contributed by atoms with E-state index in [2.05, 4.69) is 21.3 Å². The standard InChI is InChI=1S/C27H24Cl2F3N3O/c28-22-6-3-18(4-7-22)2-1-13-35-14-10-19(11-15-35)23-17-21(27(30,31)32)5-8-24(23)34-26(36)20-9-12-33-25(29)16-20/h1,3-9,12-13,16-17,19H,2,10-11,14-15H2,(H,34,36)/b13-1+. The first kappa shape index (κ1) is 26.0. The number of benzene rings is 2. The molecule has 0 radical (unpaired) electrons. The molecule has 2 heterocycles. The van der Waals surface area contributed by atoms with Crippen LogP contribution in [0.25, 0.3) is 0 Å². The molecule has 1 aliphatic heterocycles. The van der Waals surface area contributed by atoms with Crippen LogP contribution >= 0.6 is 23.2 Å². The molecule has 1 fully saturated rings. The van der Waals surface area contributed by atoms with Crippen LogP contribution in [-0.4, -0.2) is 28.9 Å². The molecule has 3 aromatic rings. The van der Waals surface area contributed by atoms with Gasteiger partial charge in [0.25, 0.3) is 5.91 Å². The number of carbonyl (C=O) groups excluding carboxylic acids is 1. The number of pyridine rings is 1. The maximum Gasteiger partial charge on any atom is 0.416 e. The lowest BCUT2D eigenvalue weighted by Gasteiger charge is -2.32. The van der Waals surface area contributed by atoms with Gasteiger partial charge in [-0.15, -0.1) is 0 Å². The maximum atomic E-state index is 13.5. The van der Waals surface area contributed by atoms with Crippen molar-refractivity contribution in [2.45, 2.75) is 31.4 Å². The van der Waals surface area contributed by atoms with E-state index in [1.165, 1.54) is 24.4 Å². The van der Waals surface area contributed by atoms with Crippen molar-refractivity contribution in [3.63, 3.8) is 0 Å². The van der Waals surface area contributed by atoms with Gasteiger partial charge in [-0.1, -0.05) is 41.4 Å². The molecule has 4 rings (SSSR count). The molecule has 1 aliphatic rings. The Balaban J connectivity index is 1.46. The van der Waals surface area contributed by atoms with Gasteiger partial charge in [0.15, 0.2) is 0 Å². The van der Waals surface area contributed by atoms with E-state index in [0.29, 0.717) is 42.2 Å². The summed E-state index contributed by atoms with van der Waals surface area (Å²) in [4.78, 5) is 18.8. The Hall–Kier alpha value is -3.03. The molecule has 0 unspecified atom stereocenters. The highest BCUT2D eigenvalue weighted by atomic mass is 35.5. The number of carbonyl (C=O) groups is 1. The molecule has 1 amide bonds. The van der Waals surface area contributed by atoms with Crippen LogP contribution in [0.2, 0.25) is 10.2 Å². The summed E-state index contributed by atoms with van der Waals surface area (Å²) in [6.45, 7) is 1.40. The van der Waals surface area contributed by atoms with Crippen LogP contribution in [0.5, 0.6) is 0 Å². The van der Waals surface area contributed by atoms with Gasteiger partial charge in [0.1, 0.15) is 5.15 Å². The second-order valence-corrected chi connectivity index (χ2v) is 9.47. The third kappa shape index (κ3) is 6.80. The number of hydrogen-bond donors (Lipinski definition) is 1. The average molecular weight is 534 g/mol. The van der Waals surface area contributed by atoms with E-state index in [1.54, 1.807) is 0 Å². The lowest BCUT2D eigenvalue weighted by atomic mass is 9.87. The molecule has 9 heteroatoms. The zero-order chi connectivity index (χ0) is 25.7. The molecule has 1 aromatic heterocycles. The summed E-state index contributed by atoms with van der Waals surface area (Å²) in [6, 6.07) is 14.0. The number of halogens is 5. The summed E-state index contributed by atoms with van der Waals surface area (Å²) in [7, 11) is 0. The van der Waals surface area contributed by atoms with Crippen molar-refractivity contribution < 1.29 is 18.0 Å². The van der Waals surface area contributed by atoms with Gasteiger partial charge in [0, 0.05) is 35.6 Å². The lowest BCUT2D eigenvalue weighted by molar-refractivity contribution is -0.137. The third-order valence-electron chi connectivity index (χ3n) is 6.17. The van der Waals surface area contributed by atoms with E-state index in [-0.39, 0.29) is 16.6 Å². The van der Waals surface area contributed by atoms with Gasteiger partial charge < -0.3 is 10.2 Å². The third-order valence-corrected chi connectivity index (χ3v) is 6.63. The van der Waals surface area contributed by atoms with Crippen molar-refractivity contribution in [3.05, 3.63) is 105 Å². The molecular weight excluding hydrogens is 510 g/mol. The number of rotatable bonds is 6. The summed E-state index contributed by atoms with van der Waals surface area (Å²) < 4.78 is 40.4. The van der Waals surface area contributed by atoms with Gasteiger partial charge >= 0.3 is 6.18 Å². The summed E-state index contributed by atoms with van der Waals surface area (Å²) in [5, 5.41) is 3.62. The molecule has 0 aliphatic carbocycles. The Morgan fingerprint density at radius 1 is 1.06 bits per heavy atom. The van der Waals surface area contributed by atoms with Gasteiger partial charge in [-0.3, -0.25) is 4.79 Å². The van der Waals surface area contributed by atoms with Crippen molar-refractivity contribution in [2.75, 3.05) is 18.4 Å².